The van der Waals surface area contributed by atoms with Gasteiger partial charge in [0.15, 0.2) is 11.5 Å². The molecule has 0 fully saturated rings. The Kier molecular flexibility index (Phi) is 4.66. The highest BCUT2D eigenvalue weighted by molar-refractivity contribution is 7.09. The molecule has 0 saturated heterocycles. The number of rotatable bonds is 3. The van der Waals surface area contributed by atoms with Crippen LogP contribution in [0.3, 0.4) is 0 Å². The van der Waals surface area contributed by atoms with Gasteiger partial charge in [-0.05, 0) is 19.1 Å². The fourth-order valence-electron chi connectivity index (χ4n) is 3.84. The van der Waals surface area contributed by atoms with Crippen molar-refractivity contribution in [1.82, 2.24) is 24.8 Å². The highest BCUT2D eigenvalue weighted by atomic mass is 32.1. The van der Waals surface area contributed by atoms with Crippen LogP contribution in [0.25, 0.3) is 11.3 Å². The van der Waals surface area contributed by atoms with E-state index in [2.05, 4.69) is 15.2 Å². The minimum absolute atomic E-state index is 0.0391. The number of aryl methyl sites for hydroxylation is 1. The Bertz CT molecular complexity index is 1290. The molecule has 0 bridgehead atoms. The second kappa shape index (κ2) is 7.38. The molecule has 0 radical (unpaired) electrons. The van der Waals surface area contributed by atoms with Crippen molar-refractivity contribution in [1.29, 1.82) is 0 Å². The van der Waals surface area contributed by atoms with Crippen molar-refractivity contribution in [3.8, 4) is 11.3 Å². The predicted octanol–water partition coefficient (Wildman–Crippen LogP) is 3.91. The van der Waals surface area contributed by atoms with E-state index in [4.69, 9.17) is 4.52 Å². The molecule has 10 heteroatoms. The van der Waals surface area contributed by atoms with E-state index in [9.17, 15) is 13.6 Å². The first-order valence-electron chi connectivity index (χ1n) is 9.54. The van der Waals surface area contributed by atoms with Gasteiger partial charge in [-0.1, -0.05) is 5.16 Å². The molecule has 7 nitrogen and oxygen atoms in total. The van der Waals surface area contributed by atoms with Crippen molar-refractivity contribution in [2.24, 2.45) is 7.05 Å². The normalized spacial score (nSPS) is 15.9. The van der Waals surface area contributed by atoms with Crippen LogP contribution >= 0.6 is 11.3 Å². The van der Waals surface area contributed by atoms with Gasteiger partial charge in [-0.2, -0.15) is 5.10 Å². The van der Waals surface area contributed by atoms with Crippen molar-refractivity contribution in [3.05, 3.63) is 75.1 Å². The maximum atomic E-state index is 14.1. The van der Waals surface area contributed by atoms with Gasteiger partial charge in [-0.15, -0.1) is 11.3 Å². The molecule has 31 heavy (non-hydrogen) atoms. The third-order valence-corrected chi connectivity index (χ3v) is 6.58. The largest absolute Gasteiger partial charge is 0.355 e. The third kappa shape index (κ3) is 3.32. The summed E-state index contributed by atoms with van der Waals surface area (Å²) in [7, 11) is 1.88. The zero-order chi connectivity index (χ0) is 21.7. The Labute approximate surface area is 179 Å². The number of hydrogen-bond donors (Lipinski definition) is 0. The maximum absolute atomic E-state index is 14.1. The topological polar surface area (TPSA) is 77.1 Å². The van der Waals surface area contributed by atoms with Crippen LogP contribution in [0, 0.1) is 18.6 Å². The summed E-state index contributed by atoms with van der Waals surface area (Å²) >= 11 is 1.57. The summed E-state index contributed by atoms with van der Waals surface area (Å²) in [5.74, 6) is -1.81. The molecule has 1 amide bonds. The molecule has 1 aromatic carbocycles. The Morgan fingerprint density at radius 3 is 2.87 bits per heavy atom. The van der Waals surface area contributed by atoms with Crippen molar-refractivity contribution >= 4 is 17.2 Å². The van der Waals surface area contributed by atoms with Crippen LogP contribution < -0.4 is 0 Å². The quantitative estimate of drug-likeness (QED) is 0.482. The molecule has 1 unspecified atom stereocenters. The summed E-state index contributed by atoms with van der Waals surface area (Å²) in [6, 6.07) is 4.51. The molecule has 0 N–H and O–H groups in total. The molecule has 0 spiro atoms. The van der Waals surface area contributed by atoms with E-state index in [1.807, 2.05) is 20.2 Å². The first-order valence-corrected chi connectivity index (χ1v) is 10.4. The minimum atomic E-state index is -0.785. The lowest BCUT2D eigenvalue weighted by atomic mass is 9.93. The predicted molar refractivity (Wildman–Crippen MR) is 108 cm³/mol. The molecule has 0 saturated carbocycles. The van der Waals surface area contributed by atoms with Gasteiger partial charge in [0.2, 0.25) is 0 Å². The summed E-state index contributed by atoms with van der Waals surface area (Å²) in [5, 5.41) is 8.17. The Morgan fingerprint density at radius 2 is 2.13 bits per heavy atom. The van der Waals surface area contributed by atoms with Crippen LogP contribution in [0.2, 0.25) is 0 Å². The Hall–Kier alpha value is -3.40. The van der Waals surface area contributed by atoms with Crippen LogP contribution in [0.5, 0.6) is 0 Å². The summed E-state index contributed by atoms with van der Waals surface area (Å²) in [6.45, 7) is 2.78. The number of halogens is 2. The van der Waals surface area contributed by atoms with Crippen molar-refractivity contribution in [3.63, 3.8) is 0 Å². The first-order chi connectivity index (χ1) is 14.9. The van der Waals surface area contributed by atoms with Gasteiger partial charge in [0.1, 0.15) is 11.6 Å². The van der Waals surface area contributed by atoms with Crippen LogP contribution in [0.4, 0.5) is 8.78 Å². The number of carbonyl (C=O) groups excluding carboxylic acids is 1. The standard InChI is InChI=1S/C21H17F2N5O2S/c1-11-14(7-25-27(11)2)15-8-28(9-18-20(15)31-10-24-18)21(29)17-6-19(30-26-17)13-4-3-12(22)5-16(13)23/h3-7,10,15H,8-9H2,1-2H3. The van der Waals surface area contributed by atoms with E-state index >= 15 is 0 Å². The lowest BCUT2D eigenvalue weighted by Gasteiger charge is -2.31. The molecular weight excluding hydrogens is 424 g/mol. The number of hydrogen-bond acceptors (Lipinski definition) is 6. The number of carbonyl (C=O) groups is 1. The van der Waals surface area contributed by atoms with E-state index in [0.717, 1.165) is 34.0 Å². The third-order valence-electron chi connectivity index (χ3n) is 5.59. The molecule has 5 rings (SSSR count). The van der Waals surface area contributed by atoms with Crippen LogP contribution in [-0.4, -0.2) is 37.3 Å². The van der Waals surface area contributed by atoms with Gasteiger partial charge in [-0.3, -0.25) is 9.48 Å². The highest BCUT2D eigenvalue weighted by Crippen LogP contribution is 2.37. The fraction of sp³-hybridized carbons (Fsp3) is 0.238. The van der Waals surface area contributed by atoms with Gasteiger partial charge in [0, 0.05) is 47.8 Å². The molecule has 158 valence electrons. The number of amides is 1. The van der Waals surface area contributed by atoms with Crippen molar-refractivity contribution < 1.29 is 18.1 Å². The van der Waals surface area contributed by atoms with Crippen LogP contribution in [-0.2, 0) is 13.6 Å². The molecule has 4 aromatic rings. The van der Waals surface area contributed by atoms with Crippen molar-refractivity contribution in [2.75, 3.05) is 6.54 Å². The van der Waals surface area contributed by atoms with Crippen molar-refractivity contribution in [2.45, 2.75) is 19.4 Å². The van der Waals surface area contributed by atoms with Gasteiger partial charge >= 0.3 is 0 Å². The summed E-state index contributed by atoms with van der Waals surface area (Å²) in [4.78, 5) is 20.4. The fourth-order valence-corrected chi connectivity index (χ4v) is 4.75. The second-order valence-electron chi connectivity index (χ2n) is 7.41. The van der Waals surface area contributed by atoms with E-state index < -0.39 is 11.6 Å². The number of benzene rings is 1. The minimum Gasteiger partial charge on any atom is -0.355 e. The number of fused-ring (bicyclic) bond motifs is 1. The number of thiazole rings is 1. The smallest absolute Gasteiger partial charge is 0.276 e. The lowest BCUT2D eigenvalue weighted by Crippen LogP contribution is -2.38. The van der Waals surface area contributed by atoms with Gasteiger partial charge in [0.05, 0.1) is 29.5 Å². The molecule has 1 atom stereocenters. The summed E-state index contributed by atoms with van der Waals surface area (Å²) in [5.41, 5.74) is 4.78. The Balaban J connectivity index is 1.45. The summed E-state index contributed by atoms with van der Waals surface area (Å²) in [6.07, 6.45) is 1.82. The maximum Gasteiger partial charge on any atom is 0.276 e. The molecule has 0 aliphatic carbocycles. The van der Waals surface area contributed by atoms with E-state index in [0.29, 0.717) is 13.1 Å². The monoisotopic (exact) mass is 441 g/mol. The average molecular weight is 441 g/mol. The average Bonchev–Trinajstić information content (AvgIpc) is 3.48. The van der Waals surface area contributed by atoms with E-state index in [1.54, 1.807) is 26.4 Å². The highest BCUT2D eigenvalue weighted by Gasteiger charge is 2.34. The number of nitrogens with zero attached hydrogens (tertiary/aromatic N) is 5. The Morgan fingerprint density at radius 1 is 1.29 bits per heavy atom. The van der Waals surface area contributed by atoms with Gasteiger partial charge in [0.25, 0.3) is 5.91 Å². The second-order valence-corrected chi connectivity index (χ2v) is 8.30. The number of aromatic nitrogens is 4. The van der Waals surface area contributed by atoms with E-state index in [-0.39, 0.29) is 28.8 Å². The lowest BCUT2D eigenvalue weighted by molar-refractivity contribution is 0.0713. The summed E-state index contributed by atoms with van der Waals surface area (Å²) < 4.78 is 34.2. The van der Waals surface area contributed by atoms with Crippen LogP contribution in [0.15, 0.2) is 40.5 Å². The molecule has 4 heterocycles. The first kappa shape index (κ1) is 19.6. The van der Waals surface area contributed by atoms with Gasteiger partial charge < -0.3 is 9.42 Å². The van der Waals surface area contributed by atoms with E-state index in [1.165, 1.54) is 12.1 Å². The van der Waals surface area contributed by atoms with Gasteiger partial charge in [-0.25, -0.2) is 13.8 Å². The molecular formula is C21H17F2N5O2S. The molecule has 1 aliphatic heterocycles. The van der Waals surface area contributed by atoms with Crippen LogP contribution in [0.1, 0.15) is 38.2 Å². The SMILES string of the molecule is Cc1c(C2CN(C(=O)c3cc(-c4ccc(F)cc4F)on3)Cc3ncsc32)cnn1C. The zero-order valence-electron chi connectivity index (χ0n) is 16.7. The zero-order valence-corrected chi connectivity index (χ0v) is 17.5. The molecule has 3 aromatic heterocycles. The molecule has 1 aliphatic rings.